The normalized spacial score (nSPS) is 29.8. The van der Waals surface area contributed by atoms with E-state index in [1.54, 1.807) is 0 Å². The highest BCUT2D eigenvalue weighted by Gasteiger charge is 2.34. The number of carbonyl (C=O) groups excluding carboxylic acids is 1. The van der Waals surface area contributed by atoms with Gasteiger partial charge in [-0.2, -0.15) is 0 Å². The molecule has 2 aliphatic rings. The monoisotopic (exact) mass is 258 g/mol. The molecule has 1 saturated heterocycles. The van der Waals surface area contributed by atoms with Crippen LogP contribution in [0.15, 0.2) is 24.3 Å². The number of anilines is 1. The summed E-state index contributed by atoms with van der Waals surface area (Å²) in [7, 11) is 0. The van der Waals surface area contributed by atoms with Gasteiger partial charge in [-0.3, -0.25) is 4.79 Å². The van der Waals surface area contributed by atoms with Gasteiger partial charge < -0.3 is 10.2 Å². The Morgan fingerprint density at radius 3 is 2.84 bits per heavy atom. The minimum atomic E-state index is -0.0647. The van der Waals surface area contributed by atoms with E-state index in [2.05, 4.69) is 36.2 Å². The molecular weight excluding hydrogens is 236 g/mol. The lowest BCUT2D eigenvalue weighted by molar-refractivity contribution is -0.136. The SMILES string of the molecule is CC1CCC(C)N(C(=O)[C@@H]2Cc3ccccc3N2)C1. The minimum Gasteiger partial charge on any atom is -0.373 e. The van der Waals surface area contributed by atoms with Crippen LogP contribution >= 0.6 is 0 Å². The van der Waals surface area contributed by atoms with Gasteiger partial charge in [0.05, 0.1) is 0 Å². The molecule has 19 heavy (non-hydrogen) atoms. The molecule has 0 saturated carbocycles. The molecule has 3 rings (SSSR count). The highest BCUT2D eigenvalue weighted by atomic mass is 16.2. The Balaban J connectivity index is 1.72. The Morgan fingerprint density at radius 1 is 1.26 bits per heavy atom. The lowest BCUT2D eigenvalue weighted by Crippen LogP contribution is -2.50. The molecule has 1 fully saturated rings. The van der Waals surface area contributed by atoms with Gasteiger partial charge >= 0.3 is 0 Å². The zero-order valence-corrected chi connectivity index (χ0v) is 11.7. The smallest absolute Gasteiger partial charge is 0.245 e. The Kier molecular flexibility index (Phi) is 3.21. The predicted octanol–water partition coefficient (Wildman–Crippen LogP) is 2.67. The van der Waals surface area contributed by atoms with Crippen molar-refractivity contribution in [3.63, 3.8) is 0 Å². The van der Waals surface area contributed by atoms with Gasteiger partial charge in [0.2, 0.25) is 5.91 Å². The fourth-order valence-electron chi connectivity index (χ4n) is 3.24. The Hall–Kier alpha value is -1.51. The topological polar surface area (TPSA) is 32.3 Å². The molecule has 2 heterocycles. The van der Waals surface area contributed by atoms with Crippen LogP contribution < -0.4 is 5.32 Å². The lowest BCUT2D eigenvalue weighted by Gasteiger charge is -2.38. The third-order valence-corrected chi connectivity index (χ3v) is 4.47. The fraction of sp³-hybridized carbons (Fsp3) is 0.562. The van der Waals surface area contributed by atoms with E-state index in [1.165, 1.54) is 12.0 Å². The number of amides is 1. The quantitative estimate of drug-likeness (QED) is 0.840. The summed E-state index contributed by atoms with van der Waals surface area (Å²) in [5.41, 5.74) is 2.39. The van der Waals surface area contributed by atoms with Crippen molar-refractivity contribution in [1.82, 2.24) is 4.90 Å². The van der Waals surface area contributed by atoms with Crippen molar-refractivity contribution < 1.29 is 4.79 Å². The second-order valence-corrected chi connectivity index (χ2v) is 6.08. The second kappa shape index (κ2) is 4.87. The first-order valence-corrected chi connectivity index (χ1v) is 7.30. The Labute approximate surface area is 115 Å². The van der Waals surface area contributed by atoms with E-state index in [1.807, 2.05) is 12.1 Å². The number of hydrogen-bond donors (Lipinski definition) is 1. The zero-order chi connectivity index (χ0) is 13.4. The van der Waals surface area contributed by atoms with E-state index in [9.17, 15) is 4.79 Å². The highest BCUT2D eigenvalue weighted by molar-refractivity contribution is 5.87. The van der Waals surface area contributed by atoms with Gasteiger partial charge in [-0.15, -0.1) is 0 Å². The number of nitrogens with one attached hydrogen (secondary N) is 1. The molecule has 0 aromatic heterocycles. The van der Waals surface area contributed by atoms with E-state index < -0.39 is 0 Å². The van der Waals surface area contributed by atoms with Crippen LogP contribution in [0.3, 0.4) is 0 Å². The first-order chi connectivity index (χ1) is 9.15. The number of piperidine rings is 1. The molecule has 0 spiro atoms. The average molecular weight is 258 g/mol. The van der Waals surface area contributed by atoms with Crippen LogP contribution in [0.2, 0.25) is 0 Å². The van der Waals surface area contributed by atoms with Crippen molar-refractivity contribution in [2.75, 3.05) is 11.9 Å². The first kappa shape index (κ1) is 12.5. The summed E-state index contributed by atoms with van der Waals surface area (Å²) in [5, 5.41) is 3.38. The van der Waals surface area contributed by atoms with Gasteiger partial charge in [0, 0.05) is 24.7 Å². The van der Waals surface area contributed by atoms with Crippen LogP contribution in [0.1, 0.15) is 32.3 Å². The van der Waals surface area contributed by atoms with Crippen LogP contribution in [-0.4, -0.2) is 29.4 Å². The average Bonchev–Trinajstić information content (AvgIpc) is 2.84. The summed E-state index contributed by atoms with van der Waals surface area (Å²) >= 11 is 0. The summed E-state index contributed by atoms with van der Waals surface area (Å²) in [5.74, 6) is 0.902. The van der Waals surface area contributed by atoms with Gasteiger partial charge in [-0.25, -0.2) is 0 Å². The van der Waals surface area contributed by atoms with Crippen molar-refractivity contribution >= 4 is 11.6 Å². The van der Waals surface area contributed by atoms with Crippen LogP contribution in [0.25, 0.3) is 0 Å². The van der Waals surface area contributed by atoms with Crippen molar-refractivity contribution in [3.8, 4) is 0 Å². The minimum absolute atomic E-state index is 0.0647. The summed E-state index contributed by atoms with van der Waals surface area (Å²) in [6.45, 7) is 5.32. The molecule has 3 heteroatoms. The van der Waals surface area contributed by atoms with E-state index in [-0.39, 0.29) is 11.9 Å². The van der Waals surface area contributed by atoms with E-state index in [4.69, 9.17) is 0 Å². The molecular formula is C16H22N2O. The van der Waals surface area contributed by atoms with E-state index >= 15 is 0 Å². The fourth-order valence-corrected chi connectivity index (χ4v) is 3.24. The Morgan fingerprint density at radius 2 is 2.05 bits per heavy atom. The van der Waals surface area contributed by atoms with Crippen LogP contribution in [0.4, 0.5) is 5.69 Å². The van der Waals surface area contributed by atoms with E-state index in [0.717, 1.165) is 25.1 Å². The van der Waals surface area contributed by atoms with Crippen LogP contribution in [0.5, 0.6) is 0 Å². The number of likely N-dealkylation sites (tertiary alicyclic amines) is 1. The number of carbonyl (C=O) groups is 1. The van der Waals surface area contributed by atoms with Gasteiger partial charge in [0.15, 0.2) is 0 Å². The molecule has 102 valence electrons. The molecule has 2 aliphatic heterocycles. The number of fused-ring (bicyclic) bond motifs is 1. The third kappa shape index (κ3) is 2.34. The first-order valence-electron chi connectivity index (χ1n) is 7.30. The highest BCUT2D eigenvalue weighted by Crippen LogP contribution is 2.28. The molecule has 3 nitrogen and oxygen atoms in total. The molecule has 1 amide bonds. The van der Waals surface area contributed by atoms with Crippen molar-refractivity contribution in [3.05, 3.63) is 29.8 Å². The number of hydrogen-bond acceptors (Lipinski definition) is 2. The molecule has 1 aromatic carbocycles. The maximum absolute atomic E-state index is 12.7. The summed E-state index contributed by atoms with van der Waals surface area (Å²) in [6, 6.07) is 8.55. The maximum atomic E-state index is 12.7. The lowest BCUT2D eigenvalue weighted by atomic mass is 9.94. The van der Waals surface area contributed by atoms with Crippen LogP contribution in [-0.2, 0) is 11.2 Å². The molecule has 0 bridgehead atoms. The van der Waals surface area contributed by atoms with Gasteiger partial charge in [0.1, 0.15) is 6.04 Å². The molecule has 1 aromatic rings. The summed E-state index contributed by atoms with van der Waals surface area (Å²) in [6.07, 6.45) is 3.20. The largest absolute Gasteiger partial charge is 0.373 e. The van der Waals surface area contributed by atoms with E-state index in [0.29, 0.717) is 12.0 Å². The van der Waals surface area contributed by atoms with Crippen molar-refractivity contribution in [2.24, 2.45) is 5.92 Å². The molecule has 1 N–H and O–H groups in total. The number of benzene rings is 1. The summed E-state index contributed by atoms with van der Waals surface area (Å²) < 4.78 is 0. The molecule has 0 radical (unpaired) electrons. The number of para-hydroxylation sites is 1. The third-order valence-electron chi connectivity index (χ3n) is 4.47. The zero-order valence-electron chi connectivity index (χ0n) is 11.7. The molecule has 2 unspecified atom stereocenters. The van der Waals surface area contributed by atoms with Gasteiger partial charge in [-0.05, 0) is 37.3 Å². The molecule has 0 aliphatic carbocycles. The summed E-state index contributed by atoms with van der Waals surface area (Å²) in [4.78, 5) is 14.8. The van der Waals surface area contributed by atoms with Gasteiger partial charge in [-0.1, -0.05) is 25.1 Å². The maximum Gasteiger partial charge on any atom is 0.245 e. The molecule has 3 atom stereocenters. The van der Waals surface area contributed by atoms with Crippen molar-refractivity contribution in [2.45, 2.75) is 45.2 Å². The number of rotatable bonds is 1. The van der Waals surface area contributed by atoms with Gasteiger partial charge in [0.25, 0.3) is 0 Å². The van der Waals surface area contributed by atoms with Crippen LogP contribution in [0, 0.1) is 5.92 Å². The van der Waals surface area contributed by atoms with Crippen molar-refractivity contribution in [1.29, 1.82) is 0 Å². The standard InChI is InChI=1S/C16H22N2O/c1-11-7-8-12(2)18(10-11)16(19)15-9-13-5-3-4-6-14(13)17-15/h3-6,11-12,15,17H,7-10H2,1-2H3/t11?,12?,15-/m0/s1. The predicted molar refractivity (Wildman–Crippen MR) is 77.1 cm³/mol. The Bertz CT molecular complexity index is 460. The second-order valence-electron chi connectivity index (χ2n) is 6.08. The number of nitrogens with zero attached hydrogens (tertiary/aromatic N) is 1.